The quantitative estimate of drug-likeness (QED) is 0.819. The Morgan fingerprint density at radius 2 is 1.78 bits per heavy atom. The Morgan fingerprint density at radius 3 is 2.39 bits per heavy atom. The summed E-state index contributed by atoms with van der Waals surface area (Å²) in [5, 5.41) is 2.78. The average molecular weight is 318 g/mol. The van der Waals surface area contributed by atoms with Crippen LogP contribution in [0.2, 0.25) is 0 Å². The number of carbonyl (C=O) groups is 2. The van der Waals surface area contributed by atoms with Gasteiger partial charge in [-0.1, -0.05) is 31.4 Å². The molecule has 5 nitrogen and oxygen atoms in total. The molecular formula is C18H26N2O3. The molecule has 2 rings (SSSR count). The molecule has 0 radical (unpaired) electrons. The minimum Gasteiger partial charge on any atom is -0.455 e. The molecule has 1 aromatic carbocycles. The Bertz CT molecular complexity index is 520. The number of hydrogen-bond donors (Lipinski definition) is 1. The molecule has 0 aliphatic heterocycles. The molecular weight excluding hydrogens is 292 g/mol. The van der Waals surface area contributed by atoms with Crippen LogP contribution in [0.5, 0.6) is 0 Å². The van der Waals surface area contributed by atoms with Gasteiger partial charge in [0.1, 0.15) is 0 Å². The van der Waals surface area contributed by atoms with Crippen molar-refractivity contribution in [2.24, 2.45) is 5.92 Å². The van der Waals surface area contributed by atoms with Crippen molar-refractivity contribution in [3.63, 3.8) is 0 Å². The van der Waals surface area contributed by atoms with Gasteiger partial charge in [0.05, 0.1) is 5.92 Å². The number of rotatable bonds is 6. The second-order valence-corrected chi connectivity index (χ2v) is 6.28. The summed E-state index contributed by atoms with van der Waals surface area (Å²) in [5.41, 5.74) is 2.13. The van der Waals surface area contributed by atoms with E-state index in [1.165, 1.54) is 6.42 Å². The molecule has 1 amide bonds. The van der Waals surface area contributed by atoms with E-state index in [0.29, 0.717) is 6.54 Å². The topological polar surface area (TPSA) is 58.6 Å². The van der Waals surface area contributed by atoms with Crippen molar-refractivity contribution < 1.29 is 14.3 Å². The molecule has 23 heavy (non-hydrogen) atoms. The highest BCUT2D eigenvalue weighted by atomic mass is 16.5. The van der Waals surface area contributed by atoms with Gasteiger partial charge in [0, 0.05) is 26.3 Å². The molecule has 126 valence electrons. The van der Waals surface area contributed by atoms with Crippen molar-refractivity contribution >= 4 is 17.6 Å². The molecule has 0 bridgehead atoms. The lowest BCUT2D eigenvalue weighted by Crippen LogP contribution is -2.30. The van der Waals surface area contributed by atoms with Crippen LogP contribution in [-0.2, 0) is 20.9 Å². The predicted molar refractivity (Wildman–Crippen MR) is 90.1 cm³/mol. The number of nitrogens with one attached hydrogen (secondary N) is 1. The van der Waals surface area contributed by atoms with Crippen LogP contribution in [0.15, 0.2) is 24.3 Å². The third-order valence-electron chi connectivity index (χ3n) is 4.23. The smallest absolute Gasteiger partial charge is 0.309 e. The Hall–Kier alpha value is -2.04. The fourth-order valence-electron chi connectivity index (χ4n) is 2.76. The van der Waals surface area contributed by atoms with E-state index in [2.05, 4.69) is 5.32 Å². The number of hydrogen-bond acceptors (Lipinski definition) is 4. The van der Waals surface area contributed by atoms with E-state index in [9.17, 15) is 9.59 Å². The summed E-state index contributed by atoms with van der Waals surface area (Å²) in [6, 6.07) is 7.96. The highest BCUT2D eigenvalue weighted by Crippen LogP contribution is 2.24. The van der Waals surface area contributed by atoms with Gasteiger partial charge >= 0.3 is 5.97 Å². The lowest BCUT2D eigenvalue weighted by atomic mass is 9.89. The summed E-state index contributed by atoms with van der Waals surface area (Å²) < 4.78 is 5.12. The van der Waals surface area contributed by atoms with E-state index in [-0.39, 0.29) is 24.4 Å². The number of anilines is 1. The fraction of sp³-hybridized carbons (Fsp3) is 0.556. The van der Waals surface area contributed by atoms with Crippen LogP contribution >= 0.6 is 0 Å². The van der Waals surface area contributed by atoms with E-state index < -0.39 is 0 Å². The molecule has 0 unspecified atom stereocenters. The van der Waals surface area contributed by atoms with Gasteiger partial charge in [0.25, 0.3) is 5.91 Å². The Labute approximate surface area is 138 Å². The predicted octanol–water partition coefficient (Wildman–Crippen LogP) is 2.49. The average Bonchev–Trinajstić information content (AvgIpc) is 2.59. The highest BCUT2D eigenvalue weighted by molar-refractivity contribution is 5.81. The molecule has 0 atom stereocenters. The van der Waals surface area contributed by atoms with Gasteiger partial charge in [-0.05, 0) is 30.5 Å². The van der Waals surface area contributed by atoms with Gasteiger partial charge in [0.15, 0.2) is 6.61 Å². The zero-order valence-electron chi connectivity index (χ0n) is 14.0. The lowest BCUT2D eigenvalue weighted by molar-refractivity contribution is -0.153. The van der Waals surface area contributed by atoms with E-state index in [1.54, 1.807) is 0 Å². The Morgan fingerprint density at radius 1 is 1.13 bits per heavy atom. The molecule has 1 aliphatic rings. The number of carbonyl (C=O) groups excluding carboxylic acids is 2. The van der Waals surface area contributed by atoms with Gasteiger partial charge in [-0.3, -0.25) is 9.59 Å². The Balaban J connectivity index is 1.69. The molecule has 0 saturated heterocycles. The summed E-state index contributed by atoms with van der Waals surface area (Å²) >= 11 is 0. The third kappa shape index (κ3) is 5.58. The molecule has 5 heteroatoms. The van der Waals surface area contributed by atoms with Gasteiger partial charge < -0.3 is 15.0 Å². The van der Waals surface area contributed by atoms with Crippen LogP contribution in [0.3, 0.4) is 0 Å². The zero-order chi connectivity index (χ0) is 16.7. The van der Waals surface area contributed by atoms with E-state index in [0.717, 1.165) is 36.9 Å². The number of nitrogens with zero attached hydrogens (tertiary/aromatic N) is 1. The molecule has 1 saturated carbocycles. The van der Waals surface area contributed by atoms with Gasteiger partial charge in [-0.2, -0.15) is 0 Å². The fourth-order valence-corrected chi connectivity index (χ4v) is 2.76. The first kappa shape index (κ1) is 17.3. The number of amides is 1. The zero-order valence-corrected chi connectivity index (χ0v) is 14.0. The second-order valence-electron chi connectivity index (χ2n) is 6.28. The highest BCUT2D eigenvalue weighted by Gasteiger charge is 2.22. The van der Waals surface area contributed by atoms with Crippen LogP contribution < -0.4 is 10.2 Å². The summed E-state index contributed by atoms with van der Waals surface area (Å²) in [4.78, 5) is 25.7. The maximum Gasteiger partial charge on any atom is 0.309 e. The molecule has 0 heterocycles. The standard InChI is InChI=1S/C18H26N2O3/c1-20(2)16-10-8-14(9-11-16)12-19-17(21)13-23-18(22)15-6-4-3-5-7-15/h8-11,15H,3-7,12-13H2,1-2H3,(H,19,21). The normalized spacial score (nSPS) is 15.0. The minimum absolute atomic E-state index is 0.0184. The first-order valence-electron chi connectivity index (χ1n) is 8.26. The minimum atomic E-state index is -0.258. The van der Waals surface area contributed by atoms with Gasteiger partial charge in [0.2, 0.25) is 0 Å². The van der Waals surface area contributed by atoms with E-state index in [1.807, 2.05) is 43.3 Å². The number of ether oxygens (including phenoxy) is 1. The summed E-state index contributed by atoms with van der Waals surface area (Å²) in [7, 11) is 3.97. The Kier molecular flexibility index (Phi) is 6.44. The SMILES string of the molecule is CN(C)c1ccc(CNC(=O)COC(=O)C2CCCCC2)cc1. The number of benzene rings is 1. The van der Waals surface area contributed by atoms with Crippen molar-refractivity contribution in [3.8, 4) is 0 Å². The van der Waals surface area contributed by atoms with Gasteiger partial charge in [-0.25, -0.2) is 0 Å². The molecule has 1 aliphatic carbocycles. The van der Waals surface area contributed by atoms with Crippen LogP contribution in [-0.4, -0.2) is 32.6 Å². The lowest BCUT2D eigenvalue weighted by Gasteiger charge is -2.19. The van der Waals surface area contributed by atoms with Gasteiger partial charge in [-0.15, -0.1) is 0 Å². The summed E-state index contributed by atoms with van der Waals surface area (Å²) in [6.45, 7) is 0.249. The summed E-state index contributed by atoms with van der Waals surface area (Å²) in [6.07, 6.45) is 5.12. The molecule has 0 aromatic heterocycles. The maximum atomic E-state index is 11.9. The van der Waals surface area contributed by atoms with Crippen molar-refractivity contribution in [1.82, 2.24) is 5.32 Å². The first-order chi connectivity index (χ1) is 11.1. The van der Waals surface area contributed by atoms with E-state index >= 15 is 0 Å². The first-order valence-corrected chi connectivity index (χ1v) is 8.26. The van der Waals surface area contributed by atoms with Crippen molar-refractivity contribution in [1.29, 1.82) is 0 Å². The summed E-state index contributed by atoms with van der Waals surface area (Å²) in [5.74, 6) is -0.504. The second kappa shape index (κ2) is 8.56. The van der Waals surface area contributed by atoms with Crippen molar-refractivity contribution in [2.75, 3.05) is 25.6 Å². The van der Waals surface area contributed by atoms with Crippen LogP contribution in [0.1, 0.15) is 37.7 Å². The molecule has 0 spiro atoms. The third-order valence-corrected chi connectivity index (χ3v) is 4.23. The van der Waals surface area contributed by atoms with Crippen LogP contribution in [0, 0.1) is 5.92 Å². The number of esters is 1. The van der Waals surface area contributed by atoms with Crippen molar-refractivity contribution in [3.05, 3.63) is 29.8 Å². The molecule has 1 fully saturated rings. The molecule has 1 N–H and O–H groups in total. The van der Waals surface area contributed by atoms with Crippen molar-refractivity contribution in [2.45, 2.75) is 38.6 Å². The van der Waals surface area contributed by atoms with Crippen LogP contribution in [0.4, 0.5) is 5.69 Å². The van der Waals surface area contributed by atoms with Crippen LogP contribution in [0.25, 0.3) is 0 Å². The molecule has 1 aromatic rings. The van der Waals surface area contributed by atoms with E-state index in [4.69, 9.17) is 4.74 Å². The monoisotopic (exact) mass is 318 g/mol. The maximum absolute atomic E-state index is 11.9. The largest absolute Gasteiger partial charge is 0.455 e.